The van der Waals surface area contributed by atoms with Gasteiger partial charge in [-0.05, 0) is 35.2 Å². The lowest BCUT2D eigenvalue weighted by molar-refractivity contribution is 0.472. The Labute approximate surface area is 127 Å². The fourth-order valence-electron chi connectivity index (χ4n) is 1.88. The highest BCUT2D eigenvalue weighted by Crippen LogP contribution is 2.32. The van der Waals surface area contributed by atoms with Crippen LogP contribution in [-0.2, 0) is 5.88 Å². The topological polar surface area (TPSA) is 9.23 Å². The summed E-state index contributed by atoms with van der Waals surface area (Å²) in [6.07, 6.45) is 0. The molecule has 0 N–H and O–H groups in total. The van der Waals surface area contributed by atoms with E-state index in [1.807, 2.05) is 36.4 Å². The Kier molecular flexibility index (Phi) is 4.89. The van der Waals surface area contributed by atoms with E-state index in [4.69, 9.17) is 16.3 Å². The van der Waals surface area contributed by atoms with E-state index >= 15 is 0 Å². The van der Waals surface area contributed by atoms with E-state index in [2.05, 4.69) is 35.8 Å². The molecule has 1 nitrogen and oxygen atoms in total. The quantitative estimate of drug-likeness (QED) is 0.611. The number of para-hydroxylation sites is 1. The summed E-state index contributed by atoms with van der Waals surface area (Å²) >= 11 is 9.34. The van der Waals surface area contributed by atoms with Crippen LogP contribution in [0.2, 0.25) is 0 Å². The van der Waals surface area contributed by atoms with Crippen molar-refractivity contribution in [2.75, 3.05) is 0 Å². The summed E-state index contributed by atoms with van der Waals surface area (Å²) in [6.45, 7) is 4.32. The van der Waals surface area contributed by atoms with E-state index in [1.54, 1.807) is 0 Å². The summed E-state index contributed by atoms with van der Waals surface area (Å²) in [5.74, 6) is 2.64. The fourth-order valence-corrected chi connectivity index (χ4v) is 2.77. The van der Waals surface area contributed by atoms with Crippen LogP contribution >= 0.6 is 27.5 Å². The molecule has 100 valence electrons. The molecule has 0 radical (unpaired) electrons. The van der Waals surface area contributed by atoms with Crippen molar-refractivity contribution < 1.29 is 4.74 Å². The lowest BCUT2D eigenvalue weighted by atomic mass is 10.0. The van der Waals surface area contributed by atoms with Gasteiger partial charge in [-0.2, -0.15) is 0 Å². The smallest absolute Gasteiger partial charge is 0.130 e. The second-order valence-electron chi connectivity index (χ2n) is 4.68. The average Bonchev–Trinajstić information content (AvgIpc) is 2.39. The Bertz CT molecular complexity index is 566. The van der Waals surface area contributed by atoms with Crippen LogP contribution in [0.15, 0.2) is 46.9 Å². The highest BCUT2D eigenvalue weighted by Gasteiger charge is 2.08. The van der Waals surface area contributed by atoms with Gasteiger partial charge in [0.05, 0.1) is 0 Å². The number of alkyl halides is 1. The summed E-state index contributed by atoms with van der Waals surface area (Å²) in [5.41, 5.74) is 2.27. The summed E-state index contributed by atoms with van der Waals surface area (Å²) < 4.78 is 6.95. The Morgan fingerprint density at radius 1 is 1.16 bits per heavy atom. The largest absolute Gasteiger partial charge is 0.457 e. The molecule has 0 amide bonds. The van der Waals surface area contributed by atoms with Crippen LogP contribution in [0.4, 0.5) is 0 Å². The number of benzene rings is 2. The summed E-state index contributed by atoms with van der Waals surface area (Å²) in [4.78, 5) is 0. The standard InChI is InChI=1S/C16H16BrClO/c1-11(2)14-5-3-4-6-16(14)19-13-8-7-12(10-18)15(17)9-13/h3-9,11H,10H2,1-2H3. The Balaban J connectivity index is 2.29. The maximum atomic E-state index is 5.98. The first-order chi connectivity index (χ1) is 9.11. The maximum absolute atomic E-state index is 5.98. The molecule has 0 atom stereocenters. The van der Waals surface area contributed by atoms with Gasteiger partial charge in [-0.25, -0.2) is 0 Å². The van der Waals surface area contributed by atoms with Crippen LogP contribution in [0.3, 0.4) is 0 Å². The first-order valence-corrected chi connectivity index (χ1v) is 7.55. The zero-order valence-corrected chi connectivity index (χ0v) is 13.3. The fraction of sp³-hybridized carbons (Fsp3) is 0.250. The minimum Gasteiger partial charge on any atom is -0.457 e. The molecule has 3 heteroatoms. The van der Waals surface area contributed by atoms with Crippen LogP contribution in [0, 0.1) is 0 Å². The number of rotatable bonds is 4. The van der Waals surface area contributed by atoms with E-state index < -0.39 is 0 Å². The van der Waals surface area contributed by atoms with Crippen LogP contribution < -0.4 is 4.74 Å². The van der Waals surface area contributed by atoms with Crippen molar-refractivity contribution in [3.05, 3.63) is 58.1 Å². The van der Waals surface area contributed by atoms with Crippen molar-refractivity contribution >= 4 is 27.5 Å². The molecule has 0 bridgehead atoms. The van der Waals surface area contributed by atoms with Crippen molar-refractivity contribution in [2.24, 2.45) is 0 Å². The Morgan fingerprint density at radius 2 is 1.89 bits per heavy atom. The third kappa shape index (κ3) is 3.52. The third-order valence-electron chi connectivity index (χ3n) is 2.94. The third-order valence-corrected chi connectivity index (χ3v) is 3.96. The molecule has 0 fully saturated rings. The first kappa shape index (κ1) is 14.4. The monoisotopic (exact) mass is 338 g/mol. The van der Waals surface area contributed by atoms with E-state index in [0.717, 1.165) is 21.5 Å². The van der Waals surface area contributed by atoms with Crippen LogP contribution in [-0.4, -0.2) is 0 Å². The second-order valence-corrected chi connectivity index (χ2v) is 5.80. The molecule has 0 aliphatic heterocycles. The van der Waals surface area contributed by atoms with Crippen molar-refractivity contribution in [3.8, 4) is 11.5 Å². The van der Waals surface area contributed by atoms with Gasteiger partial charge >= 0.3 is 0 Å². The number of hydrogen-bond donors (Lipinski definition) is 0. The highest BCUT2D eigenvalue weighted by atomic mass is 79.9. The normalized spacial score (nSPS) is 10.8. The van der Waals surface area contributed by atoms with Crippen molar-refractivity contribution in [3.63, 3.8) is 0 Å². The maximum Gasteiger partial charge on any atom is 0.130 e. The van der Waals surface area contributed by atoms with E-state index in [0.29, 0.717) is 11.8 Å². The molecular formula is C16H16BrClO. The zero-order chi connectivity index (χ0) is 13.8. The molecule has 2 aromatic carbocycles. The minimum absolute atomic E-state index is 0.432. The summed E-state index contributed by atoms with van der Waals surface area (Å²) in [5, 5.41) is 0. The molecule has 0 spiro atoms. The molecule has 0 heterocycles. The predicted molar refractivity (Wildman–Crippen MR) is 84.3 cm³/mol. The molecule has 2 rings (SSSR count). The van der Waals surface area contributed by atoms with E-state index in [9.17, 15) is 0 Å². The first-order valence-electron chi connectivity index (χ1n) is 6.23. The van der Waals surface area contributed by atoms with Gasteiger partial charge in [0.25, 0.3) is 0 Å². The van der Waals surface area contributed by atoms with Crippen molar-refractivity contribution in [1.29, 1.82) is 0 Å². The summed E-state index contributed by atoms with van der Waals surface area (Å²) in [7, 11) is 0. The summed E-state index contributed by atoms with van der Waals surface area (Å²) in [6, 6.07) is 14.0. The van der Waals surface area contributed by atoms with Gasteiger partial charge in [0.1, 0.15) is 11.5 Å². The Morgan fingerprint density at radius 3 is 2.53 bits per heavy atom. The number of halogens is 2. The zero-order valence-electron chi connectivity index (χ0n) is 11.0. The molecule has 0 aromatic heterocycles. The lowest BCUT2D eigenvalue weighted by Crippen LogP contribution is -1.94. The number of ether oxygens (including phenoxy) is 1. The van der Waals surface area contributed by atoms with Crippen molar-refractivity contribution in [1.82, 2.24) is 0 Å². The molecule has 19 heavy (non-hydrogen) atoms. The van der Waals surface area contributed by atoms with Crippen LogP contribution in [0.25, 0.3) is 0 Å². The molecule has 0 aliphatic carbocycles. The number of hydrogen-bond acceptors (Lipinski definition) is 1. The Hall–Kier alpha value is -0.990. The average molecular weight is 340 g/mol. The van der Waals surface area contributed by atoms with Crippen molar-refractivity contribution in [2.45, 2.75) is 25.6 Å². The second kappa shape index (κ2) is 6.44. The van der Waals surface area contributed by atoms with Gasteiger partial charge in [0.15, 0.2) is 0 Å². The molecule has 2 aromatic rings. The molecule has 0 aliphatic rings. The van der Waals surface area contributed by atoms with Gasteiger partial charge < -0.3 is 4.74 Å². The van der Waals surface area contributed by atoms with Crippen LogP contribution in [0.5, 0.6) is 11.5 Å². The molecule has 0 saturated heterocycles. The molecular weight excluding hydrogens is 324 g/mol. The van der Waals surface area contributed by atoms with Gasteiger partial charge in [-0.3, -0.25) is 0 Å². The van der Waals surface area contributed by atoms with Crippen LogP contribution in [0.1, 0.15) is 30.9 Å². The molecule has 0 saturated carbocycles. The van der Waals surface area contributed by atoms with Gasteiger partial charge in [-0.1, -0.05) is 54.0 Å². The van der Waals surface area contributed by atoms with E-state index in [1.165, 1.54) is 5.56 Å². The van der Waals surface area contributed by atoms with Gasteiger partial charge in [-0.15, -0.1) is 11.6 Å². The minimum atomic E-state index is 0.432. The van der Waals surface area contributed by atoms with Gasteiger partial charge in [0.2, 0.25) is 0 Å². The molecule has 0 unspecified atom stereocenters. The van der Waals surface area contributed by atoms with E-state index in [-0.39, 0.29) is 0 Å². The lowest BCUT2D eigenvalue weighted by Gasteiger charge is -2.14. The SMILES string of the molecule is CC(C)c1ccccc1Oc1ccc(CCl)c(Br)c1. The predicted octanol–water partition coefficient (Wildman–Crippen LogP) is 6.10. The highest BCUT2D eigenvalue weighted by molar-refractivity contribution is 9.10. The van der Waals surface area contributed by atoms with Gasteiger partial charge in [0, 0.05) is 10.4 Å².